The Morgan fingerprint density at radius 1 is 0.783 bits per heavy atom. The fourth-order valence-corrected chi connectivity index (χ4v) is 2.66. The Labute approximate surface area is 143 Å². The van der Waals surface area contributed by atoms with Crippen LogP contribution >= 0.6 is 0 Å². The van der Waals surface area contributed by atoms with Crippen LogP contribution in [-0.2, 0) is 9.53 Å². The number of aliphatic carboxylic acids is 1. The summed E-state index contributed by atoms with van der Waals surface area (Å²) < 4.78 is 5.28. The second-order valence-corrected chi connectivity index (χ2v) is 6.56. The van der Waals surface area contributed by atoms with Gasteiger partial charge in [-0.15, -0.1) is 0 Å². The molecule has 0 unspecified atom stereocenters. The van der Waals surface area contributed by atoms with E-state index >= 15 is 0 Å². The number of carbonyl (C=O) groups is 1. The van der Waals surface area contributed by atoms with Crippen LogP contribution in [0.4, 0.5) is 0 Å². The molecule has 0 radical (unpaired) electrons. The highest BCUT2D eigenvalue weighted by atomic mass is 16.5. The molecule has 0 atom stereocenters. The first-order valence-corrected chi connectivity index (χ1v) is 9.67. The van der Waals surface area contributed by atoms with Gasteiger partial charge in [0, 0.05) is 6.61 Å². The first kappa shape index (κ1) is 22.2. The zero-order chi connectivity index (χ0) is 17.2. The van der Waals surface area contributed by atoms with Gasteiger partial charge in [0.05, 0.1) is 12.2 Å². The molecule has 0 aliphatic rings. The summed E-state index contributed by atoms with van der Waals surface area (Å²) in [6.45, 7) is 6.49. The van der Waals surface area contributed by atoms with Crippen molar-refractivity contribution in [3.05, 3.63) is 12.2 Å². The summed E-state index contributed by atoms with van der Waals surface area (Å²) in [5, 5.41) is 8.63. The van der Waals surface area contributed by atoms with Gasteiger partial charge in [-0.3, -0.25) is 0 Å². The Morgan fingerprint density at radius 2 is 1.17 bits per heavy atom. The van der Waals surface area contributed by atoms with Gasteiger partial charge in [-0.25, -0.2) is 4.79 Å². The average Bonchev–Trinajstić information content (AvgIpc) is 2.54. The third-order valence-electron chi connectivity index (χ3n) is 4.22. The van der Waals surface area contributed by atoms with Crippen LogP contribution in [0.1, 0.15) is 96.8 Å². The molecule has 0 saturated heterocycles. The van der Waals surface area contributed by atoms with E-state index in [0.29, 0.717) is 6.61 Å². The maximum atomic E-state index is 10.5. The summed E-state index contributed by atoms with van der Waals surface area (Å²) in [7, 11) is 0. The SMILES string of the molecule is C=C(COCCCCCCCCCCCCCCCC)C(=O)O. The van der Waals surface area contributed by atoms with Crippen molar-refractivity contribution >= 4 is 5.97 Å². The van der Waals surface area contributed by atoms with Crippen molar-refractivity contribution in [2.45, 2.75) is 96.8 Å². The molecule has 0 aliphatic heterocycles. The zero-order valence-electron chi connectivity index (χ0n) is 15.3. The Kier molecular flexibility index (Phi) is 16.9. The third-order valence-corrected chi connectivity index (χ3v) is 4.22. The minimum atomic E-state index is -0.967. The lowest BCUT2D eigenvalue weighted by Gasteiger charge is -2.05. The van der Waals surface area contributed by atoms with E-state index in [1.807, 2.05) is 0 Å². The van der Waals surface area contributed by atoms with Gasteiger partial charge in [-0.2, -0.15) is 0 Å². The van der Waals surface area contributed by atoms with Crippen molar-refractivity contribution in [3.8, 4) is 0 Å². The van der Waals surface area contributed by atoms with E-state index in [0.717, 1.165) is 6.42 Å². The average molecular weight is 327 g/mol. The standard InChI is InChI=1S/C20H38O3/c1-3-4-5-6-7-8-9-10-11-12-13-14-15-16-17-23-18-19(2)20(21)22/h2-18H2,1H3,(H,21,22). The molecule has 23 heavy (non-hydrogen) atoms. The molecule has 0 heterocycles. The molecule has 136 valence electrons. The van der Waals surface area contributed by atoms with Gasteiger partial charge in [0.25, 0.3) is 0 Å². The summed E-state index contributed by atoms with van der Waals surface area (Å²) >= 11 is 0. The molecule has 0 aromatic heterocycles. The predicted molar refractivity (Wildman–Crippen MR) is 97.9 cm³/mol. The summed E-state index contributed by atoms with van der Waals surface area (Å²) in [4.78, 5) is 10.5. The quantitative estimate of drug-likeness (QED) is 0.243. The zero-order valence-corrected chi connectivity index (χ0v) is 15.3. The molecule has 0 fully saturated rings. The van der Waals surface area contributed by atoms with Gasteiger partial charge in [0.1, 0.15) is 0 Å². The Hall–Kier alpha value is -0.830. The fraction of sp³-hybridized carbons (Fsp3) is 0.850. The molecule has 0 spiro atoms. The minimum Gasteiger partial charge on any atom is -0.478 e. The lowest BCUT2D eigenvalue weighted by molar-refractivity contribution is -0.133. The topological polar surface area (TPSA) is 46.5 Å². The van der Waals surface area contributed by atoms with E-state index < -0.39 is 5.97 Å². The van der Waals surface area contributed by atoms with E-state index in [4.69, 9.17) is 9.84 Å². The van der Waals surface area contributed by atoms with Gasteiger partial charge >= 0.3 is 5.97 Å². The van der Waals surface area contributed by atoms with Gasteiger partial charge < -0.3 is 9.84 Å². The third kappa shape index (κ3) is 17.4. The molecular formula is C20H38O3. The van der Waals surface area contributed by atoms with Gasteiger partial charge in [0.2, 0.25) is 0 Å². The molecular weight excluding hydrogens is 288 g/mol. The molecule has 0 aromatic carbocycles. The number of rotatable bonds is 18. The van der Waals surface area contributed by atoms with Gasteiger partial charge in [0.15, 0.2) is 0 Å². The number of carboxylic acids is 1. The number of hydrogen-bond acceptors (Lipinski definition) is 2. The van der Waals surface area contributed by atoms with E-state index in [2.05, 4.69) is 13.5 Å². The van der Waals surface area contributed by atoms with E-state index in [1.165, 1.54) is 83.5 Å². The largest absolute Gasteiger partial charge is 0.478 e. The van der Waals surface area contributed by atoms with Crippen LogP contribution in [0, 0.1) is 0 Å². The van der Waals surface area contributed by atoms with Crippen LogP contribution in [0.3, 0.4) is 0 Å². The monoisotopic (exact) mass is 326 g/mol. The molecule has 0 aromatic rings. The second-order valence-electron chi connectivity index (χ2n) is 6.56. The Morgan fingerprint density at radius 3 is 1.57 bits per heavy atom. The molecule has 0 rings (SSSR count). The lowest BCUT2D eigenvalue weighted by Crippen LogP contribution is -2.07. The van der Waals surface area contributed by atoms with Crippen LogP contribution in [0.25, 0.3) is 0 Å². The highest BCUT2D eigenvalue weighted by Gasteiger charge is 2.02. The number of carboxylic acid groups (broad SMARTS) is 1. The second kappa shape index (κ2) is 17.5. The summed E-state index contributed by atoms with van der Waals surface area (Å²) in [5.41, 5.74) is 0.135. The number of unbranched alkanes of at least 4 members (excludes halogenated alkanes) is 13. The van der Waals surface area contributed by atoms with Crippen LogP contribution in [0.5, 0.6) is 0 Å². The van der Waals surface area contributed by atoms with Crippen LogP contribution < -0.4 is 0 Å². The van der Waals surface area contributed by atoms with Crippen molar-refractivity contribution in [3.63, 3.8) is 0 Å². The minimum absolute atomic E-state index is 0.135. The normalized spacial score (nSPS) is 10.8. The van der Waals surface area contributed by atoms with Crippen molar-refractivity contribution in [2.24, 2.45) is 0 Å². The highest BCUT2D eigenvalue weighted by Crippen LogP contribution is 2.12. The first-order valence-electron chi connectivity index (χ1n) is 9.67. The number of hydrogen-bond donors (Lipinski definition) is 1. The van der Waals surface area contributed by atoms with Gasteiger partial charge in [-0.1, -0.05) is 97.0 Å². The van der Waals surface area contributed by atoms with E-state index in [9.17, 15) is 4.79 Å². The Balaban J connectivity index is 3.05. The van der Waals surface area contributed by atoms with Crippen molar-refractivity contribution < 1.29 is 14.6 Å². The molecule has 3 nitrogen and oxygen atoms in total. The van der Waals surface area contributed by atoms with Crippen LogP contribution in [-0.4, -0.2) is 24.3 Å². The van der Waals surface area contributed by atoms with E-state index in [-0.39, 0.29) is 12.2 Å². The maximum absolute atomic E-state index is 10.5. The van der Waals surface area contributed by atoms with E-state index in [1.54, 1.807) is 0 Å². The summed E-state index contributed by atoms with van der Waals surface area (Å²) in [5.74, 6) is -0.967. The fourth-order valence-electron chi connectivity index (χ4n) is 2.66. The molecule has 0 aliphatic carbocycles. The Bertz CT molecular complexity index is 287. The van der Waals surface area contributed by atoms with Gasteiger partial charge in [-0.05, 0) is 6.42 Å². The van der Waals surface area contributed by atoms with Crippen LogP contribution in [0.15, 0.2) is 12.2 Å². The van der Waals surface area contributed by atoms with Crippen molar-refractivity contribution in [2.75, 3.05) is 13.2 Å². The lowest BCUT2D eigenvalue weighted by atomic mass is 10.0. The summed E-state index contributed by atoms with van der Waals surface area (Å²) in [6, 6.07) is 0. The molecule has 0 amide bonds. The summed E-state index contributed by atoms with van der Waals surface area (Å²) in [6.07, 6.45) is 18.7. The molecule has 3 heteroatoms. The molecule has 0 bridgehead atoms. The first-order chi connectivity index (χ1) is 11.2. The smallest absolute Gasteiger partial charge is 0.333 e. The molecule has 1 N–H and O–H groups in total. The number of ether oxygens (including phenoxy) is 1. The predicted octanol–water partition coefficient (Wildman–Crippen LogP) is 6.13. The maximum Gasteiger partial charge on any atom is 0.333 e. The molecule has 0 saturated carbocycles. The highest BCUT2D eigenvalue weighted by molar-refractivity contribution is 5.85. The van der Waals surface area contributed by atoms with Crippen molar-refractivity contribution in [1.29, 1.82) is 0 Å². The van der Waals surface area contributed by atoms with Crippen LogP contribution in [0.2, 0.25) is 0 Å². The van der Waals surface area contributed by atoms with Crippen molar-refractivity contribution in [1.82, 2.24) is 0 Å².